The van der Waals surface area contributed by atoms with Crippen LogP contribution in [-0.4, -0.2) is 43.8 Å². The van der Waals surface area contributed by atoms with Crippen molar-refractivity contribution in [2.75, 3.05) is 10.8 Å². The Kier molecular flexibility index (Phi) is 9.52. The quantitative estimate of drug-likeness (QED) is 0.371. The molecule has 0 spiro atoms. The molecule has 7 nitrogen and oxygen atoms in total. The van der Waals surface area contributed by atoms with Crippen LogP contribution in [0.15, 0.2) is 83.8 Å². The minimum absolute atomic E-state index is 0.0145. The van der Waals surface area contributed by atoms with Gasteiger partial charge in [-0.3, -0.25) is 13.9 Å². The molecule has 3 aromatic rings. The van der Waals surface area contributed by atoms with Gasteiger partial charge >= 0.3 is 0 Å². The Morgan fingerprint density at radius 3 is 2.05 bits per heavy atom. The summed E-state index contributed by atoms with van der Waals surface area (Å²) in [5, 5.41) is 3.03. The zero-order valence-electron chi connectivity index (χ0n) is 22.3. The van der Waals surface area contributed by atoms with Crippen LogP contribution in [0.3, 0.4) is 0 Å². The number of rotatable bonds is 10. The monoisotopic (exact) mass is 569 g/mol. The van der Waals surface area contributed by atoms with Crippen LogP contribution in [0.5, 0.6) is 0 Å². The highest BCUT2D eigenvalue weighted by atomic mass is 32.2. The van der Waals surface area contributed by atoms with Gasteiger partial charge in [0.25, 0.3) is 10.0 Å². The summed E-state index contributed by atoms with van der Waals surface area (Å²) in [7, 11) is -4.23. The Labute approximate surface area is 233 Å². The Hall–Kier alpha value is -3.79. The molecule has 1 aliphatic rings. The van der Waals surface area contributed by atoms with E-state index in [1.807, 2.05) is 0 Å². The summed E-state index contributed by atoms with van der Waals surface area (Å²) in [6, 6.07) is 17.0. The van der Waals surface area contributed by atoms with Crippen LogP contribution in [0.2, 0.25) is 0 Å². The zero-order valence-corrected chi connectivity index (χ0v) is 23.1. The highest BCUT2D eigenvalue weighted by Crippen LogP contribution is 2.25. The van der Waals surface area contributed by atoms with Crippen molar-refractivity contribution in [2.24, 2.45) is 0 Å². The second-order valence-electron chi connectivity index (χ2n) is 9.97. The molecule has 0 aliphatic heterocycles. The lowest BCUT2D eigenvalue weighted by molar-refractivity contribution is -0.139. The smallest absolute Gasteiger partial charge is 0.264 e. The molecule has 0 saturated heterocycles. The fourth-order valence-electron chi connectivity index (χ4n) is 4.79. The van der Waals surface area contributed by atoms with Crippen molar-refractivity contribution in [3.63, 3.8) is 0 Å². The number of nitrogens with one attached hydrogen (secondary N) is 1. The first-order chi connectivity index (χ1) is 19.1. The van der Waals surface area contributed by atoms with Crippen LogP contribution in [-0.2, 0) is 26.2 Å². The number of carbonyl (C=O) groups is 2. The predicted molar refractivity (Wildman–Crippen MR) is 149 cm³/mol. The fraction of sp³-hybridized carbons (Fsp3) is 0.333. The highest BCUT2D eigenvalue weighted by Gasteiger charge is 2.33. The number of hydrogen-bond acceptors (Lipinski definition) is 4. The van der Waals surface area contributed by atoms with Crippen molar-refractivity contribution in [1.29, 1.82) is 0 Å². The first kappa shape index (κ1) is 29.2. The van der Waals surface area contributed by atoms with Gasteiger partial charge in [-0.05, 0) is 73.9 Å². The van der Waals surface area contributed by atoms with Gasteiger partial charge < -0.3 is 10.2 Å². The van der Waals surface area contributed by atoms with Crippen molar-refractivity contribution in [1.82, 2.24) is 10.2 Å². The molecule has 1 N–H and O–H groups in total. The average molecular weight is 570 g/mol. The number of nitrogens with zero attached hydrogens (tertiary/aromatic N) is 2. The van der Waals surface area contributed by atoms with Crippen LogP contribution >= 0.6 is 0 Å². The number of hydrogen-bond donors (Lipinski definition) is 1. The van der Waals surface area contributed by atoms with Crippen LogP contribution in [0.1, 0.15) is 44.6 Å². The number of halogens is 2. The first-order valence-corrected chi connectivity index (χ1v) is 14.8. The maximum absolute atomic E-state index is 13.9. The normalized spacial score (nSPS) is 14.8. The fourth-order valence-corrected chi connectivity index (χ4v) is 6.23. The third-order valence-electron chi connectivity index (χ3n) is 7.11. The van der Waals surface area contributed by atoms with Crippen LogP contribution in [0, 0.1) is 11.6 Å². The van der Waals surface area contributed by atoms with E-state index in [9.17, 15) is 26.8 Å². The third-order valence-corrected chi connectivity index (χ3v) is 8.90. The zero-order chi connectivity index (χ0) is 28.7. The van der Waals surface area contributed by atoms with E-state index < -0.39 is 40.2 Å². The Morgan fingerprint density at radius 1 is 0.875 bits per heavy atom. The first-order valence-electron chi connectivity index (χ1n) is 13.3. The topological polar surface area (TPSA) is 86.8 Å². The van der Waals surface area contributed by atoms with Crippen molar-refractivity contribution in [3.05, 3.63) is 96.1 Å². The van der Waals surface area contributed by atoms with E-state index >= 15 is 0 Å². The van der Waals surface area contributed by atoms with Crippen LogP contribution < -0.4 is 9.62 Å². The molecule has 0 radical (unpaired) electrons. The lowest BCUT2D eigenvalue weighted by atomic mass is 9.95. The minimum atomic E-state index is -4.23. The van der Waals surface area contributed by atoms with E-state index in [1.165, 1.54) is 53.4 Å². The van der Waals surface area contributed by atoms with Gasteiger partial charge in [-0.2, -0.15) is 0 Å². The van der Waals surface area contributed by atoms with E-state index in [0.29, 0.717) is 5.56 Å². The maximum atomic E-state index is 13.9. The molecule has 40 heavy (non-hydrogen) atoms. The molecule has 1 aliphatic carbocycles. The molecular weight excluding hydrogens is 536 g/mol. The lowest BCUT2D eigenvalue weighted by Gasteiger charge is -2.33. The van der Waals surface area contributed by atoms with Crippen molar-refractivity contribution in [2.45, 2.75) is 62.6 Å². The van der Waals surface area contributed by atoms with Crippen molar-refractivity contribution < 1.29 is 26.8 Å². The summed E-state index contributed by atoms with van der Waals surface area (Å²) in [5.41, 5.74) is 0.672. The number of sulfonamides is 1. The van der Waals surface area contributed by atoms with E-state index in [1.54, 1.807) is 25.1 Å². The van der Waals surface area contributed by atoms with E-state index in [-0.39, 0.29) is 29.1 Å². The molecule has 0 unspecified atom stereocenters. The van der Waals surface area contributed by atoms with Gasteiger partial charge in [0.15, 0.2) is 0 Å². The molecule has 1 fully saturated rings. The highest BCUT2D eigenvalue weighted by molar-refractivity contribution is 7.92. The Balaban J connectivity index is 1.65. The molecule has 10 heteroatoms. The summed E-state index contributed by atoms with van der Waals surface area (Å²) in [5.74, 6) is -1.99. The summed E-state index contributed by atoms with van der Waals surface area (Å²) in [6.45, 7) is 0.916. The van der Waals surface area contributed by atoms with Gasteiger partial charge in [0.05, 0.1) is 10.6 Å². The van der Waals surface area contributed by atoms with Crippen molar-refractivity contribution in [3.8, 4) is 0 Å². The molecule has 212 valence electrons. The van der Waals surface area contributed by atoms with Gasteiger partial charge in [0.2, 0.25) is 11.8 Å². The Bertz CT molecular complexity index is 1400. The van der Waals surface area contributed by atoms with E-state index in [0.717, 1.165) is 48.5 Å². The SMILES string of the molecule is C[C@@H](C(=O)NC1CCCCC1)N(Cc1ccc(F)cc1)C(=O)CN(c1ccc(F)cc1)S(=O)(=O)c1ccccc1. The largest absolute Gasteiger partial charge is 0.352 e. The van der Waals surface area contributed by atoms with Crippen LogP contribution in [0.4, 0.5) is 14.5 Å². The molecule has 3 aromatic carbocycles. The van der Waals surface area contributed by atoms with Gasteiger partial charge in [0.1, 0.15) is 24.2 Å². The second kappa shape index (κ2) is 13.0. The molecule has 2 amide bonds. The van der Waals surface area contributed by atoms with Gasteiger partial charge in [-0.1, -0.05) is 49.6 Å². The van der Waals surface area contributed by atoms with E-state index in [4.69, 9.17) is 0 Å². The lowest BCUT2D eigenvalue weighted by Crippen LogP contribution is -2.53. The molecule has 0 aromatic heterocycles. The number of anilines is 1. The van der Waals surface area contributed by atoms with Gasteiger partial charge in [-0.15, -0.1) is 0 Å². The predicted octanol–water partition coefficient (Wildman–Crippen LogP) is 5.03. The number of carbonyl (C=O) groups excluding carboxylic acids is 2. The molecule has 0 bridgehead atoms. The van der Waals surface area contributed by atoms with Gasteiger partial charge in [0, 0.05) is 12.6 Å². The second-order valence-corrected chi connectivity index (χ2v) is 11.8. The standard InChI is InChI=1S/C30H33F2N3O4S/c1-22(30(37)33-26-8-4-2-5-9-26)34(20-23-12-14-24(31)15-13-23)29(36)21-35(27-18-16-25(32)17-19-27)40(38,39)28-10-6-3-7-11-28/h3,6-7,10-19,22,26H,2,4-5,8-9,20-21H2,1H3,(H,33,37)/t22-/m0/s1. The number of benzene rings is 3. The minimum Gasteiger partial charge on any atom is -0.352 e. The van der Waals surface area contributed by atoms with Crippen molar-refractivity contribution >= 4 is 27.5 Å². The van der Waals surface area contributed by atoms with Crippen LogP contribution in [0.25, 0.3) is 0 Å². The molecule has 0 heterocycles. The molecule has 1 atom stereocenters. The maximum Gasteiger partial charge on any atom is 0.264 e. The summed E-state index contributed by atoms with van der Waals surface area (Å²) >= 11 is 0. The Morgan fingerprint density at radius 2 is 1.45 bits per heavy atom. The molecule has 1 saturated carbocycles. The summed E-state index contributed by atoms with van der Waals surface area (Å²) in [4.78, 5) is 28.4. The average Bonchev–Trinajstić information content (AvgIpc) is 2.96. The van der Waals surface area contributed by atoms with Gasteiger partial charge in [-0.25, -0.2) is 17.2 Å². The molecular formula is C30H33F2N3O4S. The summed E-state index contributed by atoms with van der Waals surface area (Å²) < 4.78 is 55.5. The number of amides is 2. The third kappa shape index (κ3) is 7.24. The van der Waals surface area contributed by atoms with E-state index in [2.05, 4.69) is 5.32 Å². The molecule has 4 rings (SSSR count). The summed E-state index contributed by atoms with van der Waals surface area (Å²) in [6.07, 6.45) is 4.87.